The summed E-state index contributed by atoms with van der Waals surface area (Å²) in [6.45, 7) is 4.86. The van der Waals surface area contributed by atoms with Gasteiger partial charge in [0.1, 0.15) is 6.54 Å². The van der Waals surface area contributed by atoms with Crippen molar-refractivity contribution in [3.8, 4) is 0 Å². The van der Waals surface area contributed by atoms with E-state index in [0.29, 0.717) is 10.7 Å². The first-order valence-corrected chi connectivity index (χ1v) is 9.56. The van der Waals surface area contributed by atoms with Gasteiger partial charge in [-0.05, 0) is 62.7 Å². The summed E-state index contributed by atoms with van der Waals surface area (Å²) in [6.07, 6.45) is -0.329. The van der Waals surface area contributed by atoms with E-state index in [9.17, 15) is 13.2 Å². The minimum atomic E-state index is -3.94. The standard InChI is InChI=1S/C18H20ClNO4S/c1-13(2)24-18(21)12-20(16-6-4-5-14(3)11-16)25(22,23)17-9-7-15(19)8-10-17/h4-11,13H,12H2,1-3H3. The van der Waals surface area contributed by atoms with E-state index in [-0.39, 0.29) is 11.0 Å². The molecule has 2 aromatic carbocycles. The van der Waals surface area contributed by atoms with Crippen molar-refractivity contribution in [2.45, 2.75) is 31.8 Å². The maximum atomic E-state index is 13.1. The quantitative estimate of drug-likeness (QED) is 0.714. The molecule has 5 nitrogen and oxygen atoms in total. The molecule has 0 fully saturated rings. The van der Waals surface area contributed by atoms with E-state index < -0.39 is 22.5 Å². The molecule has 0 saturated heterocycles. The third-order valence-corrected chi connectivity index (χ3v) is 5.37. The van der Waals surface area contributed by atoms with E-state index in [1.165, 1.54) is 24.3 Å². The number of benzene rings is 2. The highest BCUT2D eigenvalue weighted by Crippen LogP contribution is 2.25. The largest absolute Gasteiger partial charge is 0.462 e. The highest BCUT2D eigenvalue weighted by molar-refractivity contribution is 7.92. The van der Waals surface area contributed by atoms with Crippen LogP contribution in [0.4, 0.5) is 5.69 Å². The first-order chi connectivity index (χ1) is 11.7. The number of nitrogens with zero attached hydrogens (tertiary/aromatic N) is 1. The molecule has 2 rings (SSSR count). The number of anilines is 1. The van der Waals surface area contributed by atoms with Gasteiger partial charge in [0.25, 0.3) is 10.0 Å². The molecule has 25 heavy (non-hydrogen) atoms. The second-order valence-electron chi connectivity index (χ2n) is 5.84. The molecular weight excluding hydrogens is 362 g/mol. The number of halogens is 1. The zero-order valence-electron chi connectivity index (χ0n) is 14.3. The third kappa shape index (κ3) is 4.96. The Morgan fingerprint density at radius 1 is 1.16 bits per heavy atom. The molecule has 0 radical (unpaired) electrons. The lowest BCUT2D eigenvalue weighted by Crippen LogP contribution is -2.37. The van der Waals surface area contributed by atoms with Crippen LogP contribution < -0.4 is 4.31 Å². The molecule has 0 atom stereocenters. The lowest BCUT2D eigenvalue weighted by Gasteiger charge is -2.24. The van der Waals surface area contributed by atoms with E-state index in [4.69, 9.17) is 16.3 Å². The molecule has 0 unspecified atom stereocenters. The number of esters is 1. The number of aryl methyl sites for hydroxylation is 1. The summed E-state index contributed by atoms with van der Waals surface area (Å²) in [4.78, 5) is 12.2. The molecule has 0 saturated carbocycles. The Morgan fingerprint density at radius 2 is 1.80 bits per heavy atom. The van der Waals surface area contributed by atoms with Gasteiger partial charge in [0.05, 0.1) is 16.7 Å². The molecule has 0 aliphatic heterocycles. The summed E-state index contributed by atoms with van der Waals surface area (Å²) in [5.41, 5.74) is 1.28. The van der Waals surface area contributed by atoms with Gasteiger partial charge in [-0.1, -0.05) is 23.7 Å². The summed E-state index contributed by atoms with van der Waals surface area (Å²) in [5.74, 6) is -0.617. The number of carbonyl (C=O) groups is 1. The summed E-state index contributed by atoms with van der Waals surface area (Å²) in [7, 11) is -3.94. The van der Waals surface area contributed by atoms with Gasteiger partial charge < -0.3 is 4.74 Å². The molecule has 0 bridgehead atoms. The van der Waals surface area contributed by atoms with Crippen LogP contribution in [0.1, 0.15) is 19.4 Å². The molecule has 2 aromatic rings. The van der Waals surface area contributed by atoms with Gasteiger partial charge in [0, 0.05) is 5.02 Å². The molecule has 0 spiro atoms. The average Bonchev–Trinajstić information content (AvgIpc) is 2.52. The Morgan fingerprint density at radius 3 is 2.36 bits per heavy atom. The second kappa shape index (κ2) is 7.89. The van der Waals surface area contributed by atoms with Crippen molar-refractivity contribution >= 4 is 33.3 Å². The highest BCUT2D eigenvalue weighted by Gasteiger charge is 2.28. The number of carbonyl (C=O) groups excluding carboxylic acids is 1. The zero-order valence-corrected chi connectivity index (χ0v) is 15.8. The molecule has 0 aliphatic carbocycles. The lowest BCUT2D eigenvalue weighted by molar-refractivity contribution is -0.145. The predicted molar refractivity (Wildman–Crippen MR) is 98.4 cm³/mol. The van der Waals surface area contributed by atoms with Crippen LogP contribution in [-0.4, -0.2) is 27.0 Å². The summed E-state index contributed by atoms with van der Waals surface area (Å²) < 4.78 is 32.3. The molecule has 0 heterocycles. The van der Waals surface area contributed by atoms with E-state index in [1.54, 1.807) is 32.0 Å². The molecule has 0 amide bonds. The Balaban J connectivity index is 2.46. The lowest BCUT2D eigenvalue weighted by atomic mass is 10.2. The third-order valence-electron chi connectivity index (χ3n) is 3.33. The number of sulfonamides is 1. The predicted octanol–water partition coefficient (Wildman–Crippen LogP) is 3.80. The number of hydrogen-bond donors (Lipinski definition) is 0. The van der Waals surface area contributed by atoms with Crippen LogP contribution in [0.2, 0.25) is 5.02 Å². The van der Waals surface area contributed by atoms with Crippen molar-refractivity contribution in [3.05, 3.63) is 59.1 Å². The average molecular weight is 382 g/mol. The minimum Gasteiger partial charge on any atom is -0.462 e. The van der Waals surface area contributed by atoms with E-state index >= 15 is 0 Å². The van der Waals surface area contributed by atoms with Crippen LogP contribution in [0.15, 0.2) is 53.4 Å². The van der Waals surface area contributed by atoms with E-state index in [1.807, 2.05) is 13.0 Å². The topological polar surface area (TPSA) is 63.7 Å². The van der Waals surface area contributed by atoms with Gasteiger partial charge in [-0.15, -0.1) is 0 Å². The molecular formula is C18H20ClNO4S. The number of hydrogen-bond acceptors (Lipinski definition) is 4. The normalized spacial score (nSPS) is 11.4. The minimum absolute atomic E-state index is 0.0516. The maximum absolute atomic E-state index is 13.1. The first kappa shape index (κ1) is 19.3. The van der Waals surface area contributed by atoms with Crippen LogP contribution in [0.3, 0.4) is 0 Å². The summed E-state index contributed by atoms with van der Waals surface area (Å²) in [5, 5.41) is 0.431. The number of ether oxygens (including phenoxy) is 1. The van der Waals surface area contributed by atoms with Gasteiger partial charge >= 0.3 is 5.97 Å². The van der Waals surface area contributed by atoms with Crippen molar-refractivity contribution in [3.63, 3.8) is 0 Å². The maximum Gasteiger partial charge on any atom is 0.327 e. The summed E-state index contributed by atoms with van der Waals surface area (Å²) >= 11 is 5.84. The highest BCUT2D eigenvalue weighted by atomic mass is 35.5. The van der Waals surface area contributed by atoms with Crippen molar-refractivity contribution in [2.24, 2.45) is 0 Å². The zero-order chi connectivity index (χ0) is 18.6. The Labute approximate surface area is 153 Å². The fraction of sp³-hybridized carbons (Fsp3) is 0.278. The van der Waals surface area contributed by atoms with E-state index in [0.717, 1.165) is 9.87 Å². The van der Waals surface area contributed by atoms with Crippen molar-refractivity contribution in [1.82, 2.24) is 0 Å². The van der Waals surface area contributed by atoms with Crippen LogP contribution in [0.5, 0.6) is 0 Å². The van der Waals surface area contributed by atoms with E-state index in [2.05, 4.69) is 0 Å². The first-order valence-electron chi connectivity index (χ1n) is 7.74. The SMILES string of the molecule is Cc1cccc(N(CC(=O)OC(C)C)S(=O)(=O)c2ccc(Cl)cc2)c1. The smallest absolute Gasteiger partial charge is 0.327 e. The molecule has 134 valence electrons. The van der Waals surface area contributed by atoms with Gasteiger partial charge in [-0.3, -0.25) is 9.10 Å². The Hall–Kier alpha value is -2.05. The number of rotatable bonds is 6. The van der Waals surface area contributed by atoms with Gasteiger partial charge in [-0.2, -0.15) is 0 Å². The molecule has 7 heteroatoms. The van der Waals surface area contributed by atoms with Crippen molar-refractivity contribution in [2.75, 3.05) is 10.8 Å². The summed E-state index contributed by atoms with van der Waals surface area (Å²) in [6, 6.07) is 12.7. The molecule has 0 N–H and O–H groups in total. The van der Waals surface area contributed by atoms with Gasteiger partial charge in [0.15, 0.2) is 0 Å². The Bertz CT molecular complexity index is 848. The van der Waals surface area contributed by atoms with Crippen LogP contribution in [-0.2, 0) is 19.6 Å². The monoisotopic (exact) mass is 381 g/mol. The van der Waals surface area contributed by atoms with Gasteiger partial charge in [0.2, 0.25) is 0 Å². The van der Waals surface area contributed by atoms with Crippen LogP contribution in [0, 0.1) is 6.92 Å². The molecule has 0 aromatic heterocycles. The van der Waals surface area contributed by atoms with Crippen LogP contribution >= 0.6 is 11.6 Å². The molecule has 0 aliphatic rings. The second-order valence-corrected chi connectivity index (χ2v) is 8.14. The fourth-order valence-corrected chi connectivity index (χ4v) is 3.78. The van der Waals surface area contributed by atoms with Crippen molar-refractivity contribution in [1.29, 1.82) is 0 Å². The Kier molecular flexibility index (Phi) is 6.08. The fourth-order valence-electron chi connectivity index (χ4n) is 2.25. The van der Waals surface area contributed by atoms with Crippen LogP contribution in [0.25, 0.3) is 0 Å². The van der Waals surface area contributed by atoms with Crippen molar-refractivity contribution < 1.29 is 17.9 Å². The van der Waals surface area contributed by atoms with Gasteiger partial charge in [-0.25, -0.2) is 8.42 Å².